The lowest BCUT2D eigenvalue weighted by atomic mass is 9.86. The summed E-state index contributed by atoms with van der Waals surface area (Å²) in [5.74, 6) is 0. The summed E-state index contributed by atoms with van der Waals surface area (Å²) in [6.07, 6.45) is 0. The molecule has 21 heavy (non-hydrogen) atoms. The third-order valence-corrected chi connectivity index (χ3v) is 3.73. The van der Waals surface area contributed by atoms with Crippen molar-refractivity contribution in [2.75, 3.05) is 0 Å². The van der Waals surface area contributed by atoms with Crippen LogP contribution in [0.2, 0.25) is 0 Å². The van der Waals surface area contributed by atoms with Gasteiger partial charge in [0.15, 0.2) is 0 Å². The average molecular weight is 297 g/mol. The van der Waals surface area contributed by atoms with Gasteiger partial charge in [0.05, 0.1) is 21.5 Å². The summed E-state index contributed by atoms with van der Waals surface area (Å²) >= 11 is 0. The first-order chi connectivity index (χ1) is 9.45. The van der Waals surface area contributed by atoms with E-state index in [1.807, 2.05) is 0 Å². The van der Waals surface area contributed by atoms with E-state index < -0.39 is 21.0 Å². The summed E-state index contributed by atoms with van der Waals surface area (Å²) < 4.78 is 0. The minimum atomic E-state index is -1.04. The summed E-state index contributed by atoms with van der Waals surface area (Å²) in [5, 5.41) is 34.8. The number of benzene rings is 1. The van der Waals surface area contributed by atoms with Gasteiger partial charge in [-0.1, -0.05) is 0 Å². The van der Waals surface area contributed by atoms with E-state index in [9.17, 15) is 25.3 Å². The van der Waals surface area contributed by atoms with Gasteiger partial charge < -0.3 is 10.4 Å². The molecule has 116 valence electrons. The van der Waals surface area contributed by atoms with Crippen molar-refractivity contribution in [1.82, 2.24) is 5.32 Å². The van der Waals surface area contributed by atoms with Crippen LogP contribution in [0.5, 0.6) is 0 Å². The predicted octanol–water partition coefficient (Wildman–Crippen LogP) is 2.14. The average Bonchev–Trinajstić information content (AvgIpc) is 2.34. The molecule has 0 saturated heterocycles. The lowest BCUT2D eigenvalue weighted by Crippen LogP contribution is -2.55. The molecule has 0 aliphatic heterocycles. The Hall–Kier alpha value is -2.06. The summed E-state index contributed by atoms with van der Waals surface area (Å²) in [6, 6.07) is 3.51. The van der Waals surface area contributed by atoms with Crippen molar-refractivity contribution in [3.8, 4) is 0 Å². The van der Waals surface area contributed by atoms with Gasteiger partial charge in [-0.05, 0) is 33.8 Å². The molecule has 0 aliphatic rings. The monoisotopic (exact) mass is 297 g/mol. The van der Waals surface area contributed by atoms with Gasteiger partial charge in [-0.15, -0.1) is 0 Å². The highest BCUT2D eigenvalue weighted by atomic mass is 16.6. The lowest BCUT2D eigenvalue weighted by molar-refractivity contribution is -0.394. The first kappa shape index (κ1) is 17.0. The van der Waals surface area contributed by atoms with Gasteiger partial charge in [-0.2, -0.15) is 0 Å². The van der Waals surface area contributed by atoms with Crippen molar-refractivity contribution in [2.24, 2.45) is 0 Å². The molecule has 1 aromatic carbocycles. The predicted molar refractivity (Wildman–Crippen MR) is 77.0 cm³/mol. The number of hydrogen-bond acceptors (Lipinski definition) is 6. The van der Waals surface area contributed by atoms with E-state index in [1.54, 1.807) is 27.7 Å². The van der Waals surface area contributed by atoms with Crippen molar-refractivity contribution in [1.29, 1.82) is 0 Å². The molecule has 0 fully saturated rings. The van der Waals surface area contributed by atoms with Crippen LogP contribution in [0.3, 0.4) is 0 Å². The van der Waals surface area contributed by atoms with Crippen molar-refractivity contribution in [3.05, 3.63) is 44.0 Å². The summed E-state index contributed by atoms with van der Waals surface area (Å²) in [6.45, 7) is 6.91. The SMILES string of the molecule is CC(C)(O)C(C)(C)NCc1ccc([N+](=O)[O-])cc1[N+](=O)[O-]. The molecular weight excluding hydrogens is 278 g/mol. The minimum Gasteiger partial charge on any atom is -0.389 e. The maximum Gasteiger partial charge on any atom is 0.280 e. The maximum atomic E-state index is 11.0. The largest absolute Gasteiger partial charge is 0.389 e. The molecule has 0 aromatic heterocycles. The zero-order chi connectivity index (χ0) is 16.4. The molecule has 2 N–H and O–H groups in total. The summed E-state index contributed by atoms with van der Waals surface area (Å²) in [5.41, 5.74) is -2.05. The number of nitrogens with one attached hydrogen (secondary N) is 1. The quantitative estimate of drug-likeness (QED) is 0.613. The van der Waals surface area contributed by atoms with Crippen molar-refractivity contribution in [3.63, 3.8) is 0 Å². The normalized spacial score (nSPS) is 12.2. The van der Waals surface area contributed by atoms with E-state index in [0.717, 1.165) is 6.07 Å². The van der Waals surface area contributed by atoms with Gasteiger partial charge in [0.25, 0.3) is 11.4 Å². The second-order valence-electron chi connectivity index (χ2n) is 5.86. The fourth-order valence-corrected chi connectivity index (χ4v) is 1.52. The molecule has 0 radical (unpaired) electrons. The van der Waals surface area contributed by atoms with Gasteiger partial charge in [-0.3, -0.25) is 20.2 Å². The Labute approximate surface area is 122 Å². The molecule has 8 heteroatoms. The number of rotatable bonds is 6. The number of nitrogens with zero attached hydrogens (tertiary/aromatic N) is 2. The highest BCUT2D eigenvalue weighted by molar-refractivity contribution is 5.49. The molecule has 1 rings (SSSR count). The molecule has 0 spiro atoms. The number of nitro benzene ring substituents is 2. The number of nitro groups is 2. The smallest absolute Gasteiger partial charge is 0.280 e. The van der Waals surface area contributed by atoms with Gasteiger partial charge in [0.1, 0.15) is 0 Å². The Morgan fingerprint density at radius 2 is 1.71 bits per heavy atom. The van der Waals surface area contributed by atoms with Crippen molar-refractivity contribution >= 4 is 11.4 Å². The fraction of sp³-hybridized carbons (Fsp3) is 0.538. The Kier molecular flexibility index (Phi) is 4.65. The van der Waals surface area contributed by atoms with Crippen LogP contribution in [0.15, 0.2) is 18.2 Å². The third-order valence-electron chi connectivity index (χ3n) is 3.73. The van der Waals surface area contributed by atoms with E-state index in [-0.39, 0.29) is 17.9 Å². The first-order valence-electron chi connectivity index (χ1n) is 6.35. The highest BCUT2D eigenvalue weighted by Crippen LogP contribution is 2.26. The second-order valence-corrected chi connectivity index (χ2v) is 5.86. The van der Waals surface area contributed by atoms with E-state index in [4.69, 9.17) is 0 Å². The van der Waals surface area contributed by atoms with Crippen LogP contribution in [-0.4, -0.2) is 26.1 Å². The Morgan fingerprint density at radius 1 is 1.14 bits per heavy atom. The van der Waals surface area contributed by atoms with E-state index in [1.165, 1.54) is 12.1 Å². The molecule has 0 unspecified atom stereocenters. The molecule has 0 heterocycles. The van der Waals surface area contributed by atoms with Crippen LogP contribution in [-0.2, 0) is 6.54 Å². The third kappa shape index (κ3) is 3.96. The van der Waals surface area contributed by atoms with Crippen molar-refractivity contribution < 1.29 is 15.0 Å². The molecule has 0 atom stereocenters. The van der Waals surface area contributed by atoms with Crippen molar-refractivity contribution in [2.45, 2.75) is 45.4 Å². The lowest BCUT2D eigenvalue weighted by Gasteiger charge is -2.38. The molecule has 0 bridgehead atoms. The first-order valence-corrected chi connectivity index (χ1v) is 6.35. The van der Waals surface area contributed by atoms with Crippen LogP contribution >= 0.6 is 0 Å². The van der Waals surface area contributed by atoms with Crippen LogP contribution in [0.4, 0.5) is 11.4 Å². The van der Waals surface area contributed by atoms with Crippen LogP contribution in [0.25, 0.3) is 0 Å². The molecule has 1 aromatic rings. The second kappa shape index (κ2) is 5.74. The Bertz CT molecular complexity index is 563. The zero-order valence-corrected chi connectivity index (χ0v) is 12.4. The van der Waals surface area contributed by atoms with Crippen LogP contribution in [0, 0.1) is 20.2 Å². The fourth-order valence-electron chi connectivity index (χ4n) is 1.52. The Morgan fingerprint density at radius 3 is 2.14 bits per heavy atom. The molecule has 0 amide bonds. The molecule has 0 aliphatic carbocycles. The topological polar surface area (TPSA) is 119 Å². The standard InChI is InChI=1S/C13H19N3O5/c1-12(2,13(3,4)17)14-8-9-5-6-10(15(18)19)7-11(9)16(20)21/h5-7,14,17H,8H2,1-4H3. The number of aliphatic hydroxyl groups is 1. The molecule has 8 nitrogen and oxygen atoms in total. The highest BCUT2D eigenvalue weighted by Gasteiger charge is 2.34. The molecule has 0 saturated carbocycles. The maximum absolute atomic E-state index is 11.0. The Balaban J connectivity index is 3.04. The van der Waals surface area contributed by atoms with Gasteiger partial charge in [0.2, 0.25) is 0 Å². The van der Waals surface area contributed by atoms with E-state index in [0.29, 0.717) is 5.56 Å². The number of non-ortho nitro benzene ring substituents is 1. The van der Waals surface area contributed by atoms with Crippen LogP contribution < -0.4 is 5.32 Å². The van der Waals surface area contributed by atoms with Gasteiger partial charge >= 0.3 is 0 Å². The van der Waals surface area contributed by atoms with Gasteiger partial charge in [-0.25, -0.2) is 0 Å². The van der Waals surface area contributed by atoms with Crippen LogP contribution in [0.1, 0.15) is 33.3 Å². The number of hydrogen-bond donors (Lipinski definition) is 2. The molecular formula is C13H19N3O5. The minimum absolute atomic E-state index is 0.116. The summed E-state index contributed by atoms with van der Waals surface area (Å²) in [4.78, 5) is 20.4. The zero-order valence-electron chi connectivity index (χ0n) is 12.4. The van der Waals surface area contributed by atoms with E-state index in [2.05, 4.69) is 5.32 Å². The van der Waals surface area contributed by atoms with Gasteiger partial charge in [0, 0.05) is 23.7 Å². The van der Waals surface area contributed by atoms with E-state index >= 15 is 0 Å². The summed E-state index contributed by atoms with van der Waals surface area (Å²) in [7, 11) is 0.